The lowest BCUT2D eigenvalue weighted by Gasteiger charge is -2.47. The van der Waals surface area contributed by atoms with Gasteiger partial charge in [0.1, 0.15) is 0 Å². The first-order valence-corrected chi connectivity index (χ1v) is 7.69. The minimum atomic E-state index is -0.594. The summed E-state index contributed by atoms with van der Waals surface area (Å²) in [6.45, 7) is 2.77. The van der Waals surface area contributed by atoms with E-state index in [4.69, 9.17) is 5.73 Å². The lowest BCUT2D eigenvalue weighted by atomic mass is 9.63. The Bertz CT molecular complexity index is 472. The third-order valence-corrected chi connectivity index (χ3v) is 5.81. The molecule has 2 aliphatic rings. The summed E-state index contributed by atoms with van der Waals surface area (Å²) in [4.78, 5) is 0. The molecule has 2 aliphatic carbocycles. The first-order valence-electron chi connectivity index (χ1n) is 7.69. The molecule has 3 rings (SSSR count). The number of nitrogens with two attached hydrogens (primary N) is 1. The number of fused-ring (bicyclic) bond motifs is 1. The van der Waals surface area contributed by atoms with Crippen LogP contribution in [0.1, 0.15) is 50.2 Å². The fourth-order valence-corrected chi connectivity index (χ4v) is 4.76. The van der Waals surface area contributed by atoms with Gasteiger partial charge in [0.25, 0.3) is 0 Å². The van der Waals surface area contributed by atoms with Crippen LogP contribution in [0.3, 0.4) is 0 Å². The van der Waals surface area contributed by atoms with Crippen molar-refractivity contribution in [2.45, 2.75) is 56.5 Å². The predicted octanol–water partition coefficient (Wildman–Crippen LogP) is 2.77. The summed E-state index contributed by atoms with van der Waals surface area (Å²) < 4.78 is 0. The Kier molecular flexibility index (Phi) is 3.18. The maximum absolute atomic E-state index is 11.5. The Hall–Kier alpha value is -0.860. The summed E-state index contributed by atoms with van der Waals surface area (Å²) in [6.07, 6.45) is 6.33. The van der Waals surface area contributed by atoms with Crippen molar-refractivity contribution < 1.29 is 5.11 Å². The molecule has 3 atom stereocenters. The fourth-order valence-electron chi connectivity index (χ4n) is 4.76. The van der Waals surface area contributed by atoms with Gasteiger partial charge < -0.3 is 10.8 Å². The van der Waals surface area contributed by atoms with Crippen LogP contribution in [0.15, 0.2) is 24.3 Å². The van der Waals surface area contributed by atoms with E-state index in [0.29, 0.717) is 12.5 Å². The molecule has 3 N–H and O–H groups in total. The van der Waals surface area contributed by atoms with E-state index in [1.807, 2.05) is 0 Å². The molecule has 1 aromatic rings. The number of benzene rings is 1. The SMILES string of the molecule is CCC1CCCC1(O)C1(CN)CCc2ccccc21. The van der Waals surface area contributed by atoms with Crippen molar-refractivity contribution >= 4 is 0 Å². The van der Waals surface area contributed by atoms with Crippen LogP contribution in [0.2, 0.25) is 0 Å². The second-order valence-electron chi connectivity index (χ2n) is 6.37. The molecule has 0 amide bonds. The van der Waals surface area contributed by atoms with Crippen LogP contribution in [0.5, 0.6) is 0 Å². The van der Waals surface area contributed by atoms with E-state index in [1.165, 1.54) is 11.1 Å². The molecule has 3 unspecified atom stereocenters. The Labute approximate surface area is 116 Å². The van der Waals surface area contributed by atoms with Gasteiger partial charge >= 0.3 is 0 Å². The van der Waals surface area contributed by atoms with Crippen molar-refractivity contribution in [1.82, 2.24) is 0 Å². The van der Waals surface area contributed by atoms with E-state index in [0.717, 1.165) is 38.5 Å². The molecule has 0 spiro atoms. The highest BCUT2D eigenvalue weighted by atomic mass is 16.3. The third kappa shape index (κ3) is 1.63. The van der Waals surface area contributed by atoms with Gasteiger partial charge in [0.15, 0.2) is 0 Å². The lowest BCUT2D eigenvalue weighted by molar-refractivity contribution is -0.0697. The summed E-state index contributed by atoms with van der Waals surface area (Å²) in [5.41, 5.74) is 8.12. The molecule has 1 fully saturated rings. The molecule has 0 saturated heterocycles. The quantitative estimate of drug-likeness (QED) is 0.877. The van der Waals surface area contributed by atoms with Crippen LogP contribution in [0.4, 0.5) is 0 Å². The van der Waals surface area contributed by atoms with Crippen LogP contribution in [-0.4, -0.2) is 17.3 Å². The first-order chi connectivity index (χ1) is 9.18. The van der Waals surface area contributed by atoms with Crippen molar-refractivity contribution in [3.63, 3.8) is 0 Å². The number of hydrogen-bond acceptors (Lipinski definition) is 2. The number of hydrogen-bond donors (Lipinski definition) is 2. The second kappa shape index (κ2) is 4.60. The zero-order valence-corrected chi connectivity index (χ0v) is 11.9. The molecule has 0 heterocycles. The predicted molar refractivity (Wildman–Crippen MR) is 78.1 cm³/mol. The highest BCUT2D eigenvalue weighted by Gasteiger charge is 2.58. The summed E-state index contributed by atoms with van der Waals surface area (Å²) in [7, 11) is 0. The van der Waals surface area contributed by atoms with Gasteiger partial charge in [-0.15, -0.1) is 0 Å². The molecule has 1 aromatic carbocycles. The Morgan fingerprint density at radius 2 is 2.11 bits per heavy atom. The van der Waals surface area contributed by atoms with Gasteiger partial charge in [-0.2, -0.15) is 0 Å². The van der Waals surface area contributed by atoms with Crippen molar-refractivity contribution in [3.8, 4) is 0 Å². The summed E-state index contributed by atoms with van der Waals surface area (Å²) in [6, 6.07) is 8.58. The summed E-state index contributed by atoms with van der Waals surface area (Å²) in [5, 5.41) is 11.5. The highest BCUT2D eigenvalue weighted by molar-refractivity contribution is 5.43. The van der Waals surface area contributed by atoms with E-state index in [9.17, 15) is 5.11 Å². The molecule has 19 heavy (non-hydrogen) atoms. The van der Waals surface area contributed by atoms with Gasteiger partial charge in [-0.1, -0.05) is 44.0 Å². The van der Waals surface area contributed by atoms with Crippen molar-refractivity contribution in [3.05, 3.63) is 35.4 Å². The third-order valence-electron chi connectivity index (χ3n) is 5.81. The van der Waals surface area contributed by atoms with Crippen molar-refractivity contribution in [2.24, 2.45) is 11.7 Å². The number of aliphatic hydroxyl groups is 1. The van der Waals surface area contributed by atoms with Gasteiger partial charge in [-0.25, -0.2) is 0 Å². The van der Waals surface area contributed by atoms with E-state index >= 15 is 0 Å². The van der Waals surface area contributed by atoms with Crippen LogP contribution in [-0.2, 0) is 11.8 Å². The average Bonchev–Trinajstić information content (AvgIpc) is 3.01. The molecule has 1 saturated carbocycles. The van der Waals surface area contributed by atoms with Gasteiger partial charge in [0.05, 0.1) is 5.60 Å². The molecule has 0 radical (unpaired) electrons. The summed E-state index contributed by atoms with van der Waals surface area (Å²) >= 11 is 0. The van der Waals surface area contributed by atoms with Crippen LogP contribution in [0, 0.1) is 5.92 Å². The zero-order valence-electron chi connectivity index (χ0n) is 11.9. The van der Waals surface area contributed by atoms with Gasteiger partial charge in [-0.3, -0.25) is 0 Å². The van der Waals surface area contributed by atoms with Crippen molar-refractivity contribution in [1.29, 1.82) is 0 Å². The summed E-state index contributed by atoms with van der Waals surface area (Å²) in [5.74, 6) is 0.405. The van der Waals surface area contributed by atoms with Gasteiger partial charge in [-0.05, 0) is 42.7 Å². The Morgan fingerprint density at radius 3 is 2.84 bits per heavy atom. The standard InChI is InChI=1S/C17H25NO/c1-2-14-7-5-10-17(14,19)16(12-18)11-9-13-6-3-4-8-15(13)16/h3-4,6,8,14,19H,2,5,7,9-12,18H2,1H3. The minimum absolute atomic E-state index is 0.208. The molecule has 0 aliphatic heterocycles. The topological polar surface area (TPSA) is 46.2 Å². The monoisotopic (exact) mass is 259 g/mol. The molecular weight excluding hydrogens is 234 g/mol. The average molecular weight is 259 g/mol. The number of rotatable bonds is 3. The van der Waals surface area contributed by atoms with Crippen molar-refractivity contribution in [2.75, 3.05) is 6.54 Å². The number of aryl methyl sites for hydroxylation is 1. The molecule has 0 aromatic heterocycles. The maximum Gasteiger partial charge on any atom is 0.0784 e. The van der Waals surface area contributed by atoms with Gasteiger partial charge in [0, 0.05) is 12.0 Å². The van der Waals surface area contributed by atoms with Gasteiger partial charge in [0.2, 0.25) is 0 Å². The van der Waals surface area contributed by atoms with E-state index in [1.54, 1.807) is 0 Å². The maximum atomic E-state index is 11.5. The fraction of sp³-hybridized carbons (Fsp3) is 0.647. The molecule has 104 valence electrons. The van der Waals surface area contributed by atoms with Crippen LogP contribution >= 0.6 is 0 Å². The highest BCUT2D eigenvalue weighted by Crippen LogP contribution is 2.55. The second-order valence-corrected chi connectivity index (χ2v) is 6.37. The lowest BCUT2D eigenvalue weighted by Crippen LogP contribution is -2.56. The van der Waals surface area contributed by atoms with Crippen LogP contribution < -0.4 is 5.73 Å². The largest absolute Gasteiger partial charge is 0.389 e. The molecule has 0 bridgehead atoms. The molecular formula is C17H25NO. The smallest absolute Gasteiger partial charge is 0.0784 e. The van der Waals surface area contributed by atoms with E-state index in [2.05, 4.69) is 31.2 Å². The van der Waals surface area contributed by atoms with E-state index < -0.39 is 5.60 Å². The van der Waals surface area contributed by atoms with Crippen LogP contribution in [0.25, 0.3) is 0 Å². The Balaban J connectivity index is 2.11. The molecule has 2 nitrogen and oxygen atoms in total. The first kappa shape index (κ1) is 13.1. The molecule has 2 heteroatoms. The minimum Gasteiger partial charge on any atom is -0.389 e. The van der Waals surface area contributed by atoms with E-state index in [-0.39, 0.29) is 5.41 Å². The Morgan fingerprint density at radius 1 is 1.32 bits per heavy atom. The normalized spacial score (nSPS) is 37.5. The zero-order chi connectivity index (χ0) is 13.5.